The Hall–Kier alpha value is -1.52. The van der Waals surface area contributed by atoms with Crippen molar-refractivity contribution in [2.24, 2.45) is 0 Å². The third kappa shape index (κ3) is 4.76. The number of nitrogens with zero attached hydrogens (tertiary/aromatic N) is 1. The minimum atomic E-state index is -0.133. The second-order valence-corrected chi connectivity index (χ2v) is 5.74. The molecule has 4 heteroatoms. The molecule has 0 amide bonds. The van der Waals surface area contributed by atoms with Crippen molar-refractivity contribution in [2.45, 2.75) is 32.4 Å². The van der Waals surface area contributed by atoms with Crippen LogP contribution in [-0.2, 0) is 6.54 Å². The van der Waals surface area contributed by atoms with Crippen molar-refractivity contribution in [3.8, 4) is 11.5 Å². The first-order valence-corrected chi connectivity index (χ1v) is 7.43. The molecule has 0 atom stereocenters. The van der Waals surface area contributed by atoms with Gasteiger partial charge in [0, 0.05) is 19.6 Å². The van der Waals surface area contributed by atoms with E-state index in [-0.39, 0.29) is 6.10 Å². The monoisotopic (exact) mass is 291 g/mol. The van der Waals surface area contributed by atoms with E-state index in [4.69, 9.17) is 9.47 Å². The SMILES string of the molecule is C=C(C)COc1cc(CN2CCC(O)CC2)ccc1OC. The van der Waals surface area contributed by atoms with Crippen molar-refractivity contribution in [1.29, 1.82) is 0 Å². The number of hydrogen-bond donors (Lipinski definition) is 1. The average molecular weight is 291 g/mol. The van der Waals surface area contributed by atoms with Gasteiger partial charge in [0.25, 0.3) is 0 Å². The molecule has 1 N–H and O–H groups in total. The minimum absolute atomic E-state index is 0.133. The summed E-state index contributed by atoms with van der Waals surface area (Å²) in [6.07, 6.45) is 1.58. The van der Waals surface area contributed by atoms with E-state index >= 15 is 0 Å². The van der Waals surface area contributed by atoms with E-state index in [1.807, 2.05) is 19.1 Å². The summed E-state index contributed by atoms with van der Waals surface area (Å²) in [5, 5.41) is 9.56. The number of methoxy groups -OCH3 is 1. The quantitative estimate of drug-likeness (QED) is 0.818. The zero-order valence-electron chi connectivity index (χ0n) is 13.0. The zero-order valence-corrected chi connectivity index (χ0v) is 13.0. The zero-order chi connectivity index (χ0) is 15.2. The Balaban J connectivity index is 2.02. The number of ether oxygens (including phenoxy) is 2. The van der Waals surface area contributed by atoms with E-state index < -0.39 is 0 Å². The Kier molecular flexibility index (Phi) is 5.65. The predicted molar refractivity (Wildman–Crippen MR) is 83.8 cm³/mol. The number of likely N-dealkylation sites (tertiary alicyclic amines) is 1. The molecule has 0 radical (unpaired) electrons. The van der Waals surface area contributed by atoms with Gasteiger partial charge >= 0.3 is 0 Å². The Morgan fingerprint density at radius 3 is 2.67 bits per heavy atom. The van der Waals surface area contributed by atoms with Crippen LogP contribution in [0.5, 0.6) is 11.5 Å². The molecule has 1 aliphatic heterocycles. The van der Waals surface area contributed by atoms with E-state index in [9.17, 15) is 5.11 Å². The van der Waals surface area contributed by atoms with E-state index in [0.29, 0.717) is 6.61 Å². The Morgan fingerprint density at radius 2 is 2.05 bits per heavy atom. The third-order valence-corrected chi connectivity index (χ3v) is 3.67. The van der Waals surface area contributed by atoms with Gasteiger partial charge in [-0.15, -0.1) is 0 Å². The Bertz CT molecular complexity index is 479. The van der Waals surface area contributed by atoms with Gasteiger partial charge in [0.15, 0.2) is 11.5 Å². The number of benzene rings is 1. The lowest BCUT2D eigenvalue weighted by Crippen LogP contribution is -2.35. The number of rotatable bonds is 6. The van der Waals surface area contributed by atoms with Gasteiger partial charge in [-0.05, 0) is 43.0 Å². The van der Waals surface area contributed by atoms with Crippen molar-refractivity contribution < 1.29 is 14.6 Å². The van der Waals surface area contributed by atoms with Crippen molar-refractivity contribution in [2.75, 3.05) is 26.8 Å². The highest BCUT2D eigenvalue weighted by Gasteiger charge is 2.17. The number of aliphatic hydroxyl groups excluding tert-OH is 1. The third-order valence-electron chi connectivity index (χ3n) is 3.67. The lowest BCUT2D eigenvalue weighted by molar-refractivity contribution is 0.0792. The van der Waals surface area contributed by atoms with Crippen LogP contribution in [0.3, 0.4) is 0 Å². The number of aliphatic hydroxyl groups is 1. The second-order valence-electron chi connectivity index (χ2n) is 5.74. The van der Waals surface area contributed by atoms with E-state index in [1.165, 1.54) is 5.56 Å². The van der Waals surface area contributed by atoms with Gasteiger partial charge < -0.3 is 14.6 Å². The largest absolute Gasteiger partial charge is 0.493 e. The maximum atomic E-state index is 9.56. The van der Waals surface area contributed by atoms with Gasteiger partial charge in [-0.2, -0.15) is 0 Å². The van der Waals surface area contributed by atoms with Crippen LogP contribution in [0.15, 0.2) is 30.4 Å². The van der Waals surface area contributed by atoms with E-state index in [0.717, 1.165) is 49.5 Å². The van der Waals surface area contributed by atoms with Crippen LogP contribution in [0.25, 0.3) is 0 Å². The smallest absolute Gasteiger partial charge is 0.161 e. The van der Waals surface area contributed by atoms with Crippen LogP contribution in [0.2, 0.25) is 0 Å². The van der Waals surface area contributed by atoms with Gasteiger partial charge in [-0.1, -0.05) is 12.6 Å². The van der Waals surface area contributed by atoms with Crippen LogP contribution in [0.4, 0.5) is 0 Å². The molecule has 0 bridgehead atoms. The molecule has 0 aromatic heterocycles. The maximum absolute atomic E-state index is 9.56. The van der Waals surface area contributed by atoms with Gasteiger partial charge in [-0.3, -0.25) is 4.90 Å². The van der Waals surface area contributed by atoms with Gasteiger partial charge in [-0.25, -0.2) is 0 Å². The molecular formula is C17H25NO3. The normalized spacial score (nSPS) is 16.7. The van der Waals surface area contributed by atoms with Crippen LogP contribution >= 0.6 is 0 Å². The summed E-state index contributed by atoms with van der Waals surface area (Å²) in [4.78, 5) is 2.36. The molecule has 1 aliphatic rings. The number of hydrogen-bond acceptors (Lipinski definition) is 4. The van der Waals surface area contributed by atoms with Gasteiger partial charge in [0.2, 0.25) is 0 Å². The predicted octanol–water partition coefficient (Wildman–Crippen LogP) is 2.61. The summed E-state index contributed by atoms with van der Waals surface area (Å²) in [5.74, 6) is 1.50. The second kappa shape index (κ2) is 7.48. The highest BCUT2D eigenvalue weighted by Crippen LogP contribution is 2.29. The molecule has 116 valence electrons. The van der Waals surface area contributed by atoms with Gasteiger partial charge in [0.1, 0.15) is 6.61 Å². The highest BCUT2D eigenvalue weighted by atomic mass is 16.5. The Morgan fingerprint density at radius 1 is 1.33 bits per heavy atom. The summed E-state index contributed by atoms with van der Waals surface area (Å²) in [5.41, 5.74) is 2.18. The summed E-state index contributed by atoms with van der Waals surface area (Å²) in [6, 6.07) is 6.05. The molecular weight excluding hydrogens is 266 g/mol. The molecule has 1 aromatic carbocycles. The first-order valence-electron chi connectivity index (χ1n) is 7.43. The molecule has 1 aromatic rings. The molecule has 0 unspecified atom stereocenters. The molecule has 0 saturated carbocycles. The molecule has 1 saturated heterocycles. The fourth-order valence-electron chi connectivity index (χ4n) is 2.47. The average Bonchev–Trinajstić information content (AvgIpc) is 2.47. The van der Waals surface area contributed by atoms with E-state index in [2.05, 4.69) is 17.5 Å². The summed E-state index contributed by atoms with van der Waals surface area (Å²) in [6.45, 7) is 9.04. The minimum Gasteiger partial charge on any atom is -0.493 e. The molecule has 0 aliphatic carbocycles. The van der Waals surface area contributed by atoms with E-state index in [1.54, 1.807) is 7.11 Å². The fourth-order valence-corrected chi connectivity index (χ4v) is 2.47. The summed E-state index contributed by atoms with van der Waals surface area (Å²) < 4.78 is 11.1. The topological polar surface area (TPSA) is 41.9 Å². The highest BCUT2D eigenvalue weighted by molar-refractivity contribution is 5.43. The van der Waals surface area contributed by atoms with Crippen molar-refractivity contribution in [1.82, 2.24) is 4.90 Å². The first-order chi connectivity index (χ1) is 10.1. The fraction of sp³-hybridized carbons (Fsp3) is 0.529. The molecule has 1 fully saturated rings. The van der Waals surface area contributed by atoms with Crippen LogP contribution in [0.1, 0.15) is 25.3 Å². The molecule has 0 spiro atoms. The number of piperidine rings is 1. The summed E-state index contributed by atoms with van der Waals surface area (Å²) >= 11 is 0. The van der Waals surface area contributed by atoms with Gasteiger partial charge in [0.05, 0.1) is 13.2 Å². The molecule has 21 heavy (non-hydrogen) atoms. The van der Waals surface area contributed by atoms with Crippen molar-refractivity contribution in [3.05, 3.63) is 35.9 Å². The van der Waals surface area contributed by atoms with Crippen molar-refractivity contribution in [3.63, 3.8) is 0 Å². The molecule has 2 rings (SSSR count). The first kappa shape index (κ1) is 15.9. The standard InChI is InChI=1S/C17H25NO3/c1-13(2)12-21-17-10-14(4-5-16(17)20-3)11-18-8-6-15(19)7-9-18/h4-5,10,15,19H,1,6-9,11-12H2,2-3H3. The lowest BCUT2D eigenvalue weighted by Gasteiger charge is -2.29. The van der Waals surface area contributed by atoms with Crippen LogP contribution in [0, 0.1) is 0 Å². The van der Waals surface area contributed by atoms with Crippen LogP contribution < -0.4 is 9.47 Å². The lowest BCUT2D eigenvalue weighted by atomic mass is 10.1. The molecule has 4 nitrogen and oxygen atoms in total. The van der Waals surface area contributed by atoms with Crippen molar-refractivity contribution >= 4 is 0 Å². The Labute approximate surface area is 127 Å². The van der Waals surface area contributed by atoms with Crippen LogP contribution in [-0.4, -0.2) is 42.9 Å². The summed E-state index contributed by atoms with van der Waals surface area (Å²) in [7, 11) is 1.65. The molecule has 1 heterocycles. The maximum Gasteiger partial charge on any atom is 0.161 e.